The minimum Gasteiger partial charge on any atom is -0.491 e. The summed E-state index contributed by atoms with van der Waals surface area (Å²) in [6.45, 7) is 2.71. The highest BCUT2D eigenvalue weighted by molar-refractivity contribution is 5.95. The van der Waals surface area contributed by atoms with Crippen LogP contribution in [0.4, 0.5) is 11.5 Å². The molecule has 1 aliphatic rings. The van der Waals surface area contributed by atoms with Crippen LogP contribution in [0.15, 0.2) is 47.0 Å². The average molecular weight is 450 g/mol. The minimum atomic E-state index is -0.307. The van der Waals surface area contributed by atoms with Gasteiger partial charge in [0.15, 0.2) is 5.82 Å². The molecule has 2 amide bonds. The highest BCUT2D eigenvalue weighted by Crippen LogP contribution is 2.27. The molecule has 0 fully saturated rings. The van der Waals surface area contributed by atoms with Crippen LogP contribution in [0.2, 0.25) is 0 Å². The van der Waals surface area contributed by atoms with Gasteiger partial charge in [-0.05, 0) is 43.5 Å². The molecule has 0 spiro atoms. The van der Waals surface area contributed by atoms with Crippen molar-refractivity contribution in [1.82, 2.24) is 25.3 Å². The summed E-state index contributed by atoms with van der Waals surface area (Å²) in [7, 11) is 0. The third-order valence-electron chi connectivity index (χ3n) is 5.08. The van der Waals surface area contributed by atoms with Crippen molar-refractivity contribution in [3.63, 3.8) is 0 Å². The van der Waals surface area contributed by atoms with Crippen LogP contribution >= 0.6 is 0 Å². The van der Waals surface area contributed by atoms with E-state index in [1.807, 2.05) is 24.3 Å². The number of ether oxygens (including phenoxy) is 1. The molecule has 0 saturated carbocycles. The van der Waals surface area contributed by atoms with E-state index in [0.29, 0.717) is 30.7 Å². The number of amides is 2. The smallest absolute Gasteiger partial charge is 0.273 e. The van der Waals surface area contributed by atoms with E-state index in [2.05, 4.69) is 25.8 Å². The fourth-order valence-electron chi connectivity index (χ4n) is 3.46. The van der Waals surface area contributed by atoms with Crippen LogP contribution in [-0.4, -0.2) is 51.5 Å². The molecule has 2 aromatic heterocycles. The van der Waals surface area contributed by atoms with Gasteiger partial charge in [-0.25, -0.2) is 4.98 Å². The second kappa shape index (κ2) is 10.6. The number of hydrogen-bond donors (Lipinski definition) is 2. The van der Waals surface area contributed by atoms with Gasteiger partial charge in [0, 0.05) is 13.5 Å². The van der Waals surface area contributed by atoms with E-state index in [1.54, 1.807) is 25.1 Å². The Labute approximate surface area is 191 Å². The van der Waals surface area contributed by atoms with E-state index in [0.717, 1.165) is 30.7 Å². The van der Waals surface area contributed by atoms with E-state index in [4.69, 9.17) is 9.26 Å². The number of aryl methyl sites for hydroxylation is 1. The number of benzene rings is 1. The number of hydrogen-bond acceptors (Lipinski definition) is 8. The number of nitrogens with one attached hydrogen (secondary N) is 2. The molecular formula is C23H26N6O4. The van der Waals surface area contributed by atoms with Gasteiger partial charge in [-0.3, -0.25) is 9.59 Å². The van der Waals surface area contributed by atoms with Gasteiger partial charge in [-0.2, -0.15) is 4.98 Å². The van der Waals surface area contributed by atoms with Crippen molar-refractivity contribution >= 4 is 23.3 Å². The van der Waals surface area contributed by atoms with E-state index in [-0.39, 0.29) is 30.6 Å². The number of pyridine rings is 1. The molecule has 10 heteroatoms. The highest BCUT2D eigenvalue weighted by Gasteiger charge is 2.21. The molecule has 4 rings (SSSR count). The monoisotopic (exact) mass is 450 g/mol. The lowest BCUT2D eigenvalue weighted by Gasteiger charge is -2.22. The summed E-state index contributed by atoms with van der Waals surface area (Å²) >= 11 is 0. The summed E-state index contributed by atoms with van der Waals surface area (Å²) in [6, 6.07) is 12.8. The Morgan fingerprint density at radius 3 is 2.85 bits per heavy atom. The third kappa shape index (κ3) is 6.06. The lowest BCUT2D eigenvalue weighted by atomic mass is 10.2. The van der Waals surface area contributed by atoms with Crippen LogP contribution in [-0.2, 0) is 11.3 Å². The number of fused-ring (bicyclic) bond motifs is 3. The summed E-state index contributed by atoms with van der Waals surface area (Å²) in [6.07, 6.45) is 2.44. The maximum Gasteiger partial charge on any atom is 0.273 e. The molecule has 0 saturated heterocycles. The maximum atomic E-state index is 13.2. The molecular weight excluding hydrogens is 424 g/mol. The zero-order valence-electron chi connectivity index (χ0n) is 18.4. The Morgan fingerprint density at radius 2 is 2.00 bits per heavy atom. The quantitative estimate of drug-likeness (QED) is 0.622. The Bertz CT molecular complexity index is 1120. The van der Waals surface area contributed by atoms with Crippen molar-refractivity contribution in [2.24, 2.45) is 0 Å². The van der Waals surface area contributed by atoms with Crippen LogP contribution in [0, 0.1) is 6.92 Å². The molecule has 1 aromatic carbocycles. The predicted molar refractivity (Wildman–Crippen MR) is 120 cm³/mol. The average Bonchev–Trinajstić information content (AvgIpc) is 3.24. The zero-order valence-corrected chi connectivity index (χ0v) is 18.4. The second-order valence-corrected chi connectivity index (χ2v) is 7.67. The largest absolute Gasteiger partial charge is 0.491 e. The first kappa shape index (κ1) is 22.3. The molecule has 10 nitrogen and oxygen atoms in total. The molecule has 0 atom stereocenters. The lowest BCUT2D eigenvalue weighted by molar-refractivity contribution is -0.122. The number of aromatic nitrogens is 3. The van der Waals surface area contributed by atoms with Crippen molar-refractivity contribution in [3.8, 4) is 5.75 Å². The van der Waals surface area contributed by atoms with Crippen molar-refractivity contribution < 1.29 is 18.8 Å². The first-order valence-corrected chi connectivity index (χ1v) is 10.9. The Hall–Kier alpha value is -3.95. The fraction of sp³-hybridized carbons (Fsp3) is 0.348. The molecule has 2 bridgehead atoms. The number of nitrogens with zero attached hydrogens (tertiary/aromatic N) is 4. The van der Waals surface area contributed by atoms with E-state index < -0.39 is 0 Å². The summed E-state index contributed by atoms with van der Waals surface area (Å²) in [5.74, 6) is 1.46. The Kier molecular flexibility index (Phi) is 7.13. The number of anilines is 2. The first-order chi connectivity index (χ1) is 16.1. The predicted octanol–water partition coefficient (Wildman–Crippen LogP) is 2.84. The van der Waals surface area contributed by atoms with Gasteiger partial charge >= 0.3 is 0 Å². The first-order valence-electron chi connectivity index (χ1n) is 10.9. The number of para-hydroxylation sites is 2. The van der Waals surface area contributed by atoms with Crippen LogP contribution in [0.3, 0.4) is 0 Å². The third-order valence-corrected chi connectivity index (χ3v) is 5.08. The van der Waals surface area contributed by atoms with Gasteiger partial charge in [0.05, 0.1) is 25.4 Å². The molecule has 2 N–H and O–H groups in total. The Morgan fingerprint density at radius 1 is 1.12 bits per heavy atom. The van der Waals surface area contributed by atoms with E-state index in [9.17, 15) is 9.59 Å². The topological polar surface area (TPSA) is 122 Å². The van der Waals surface area contributed by atoms with Gasteiger partial charge < -0.3 is 24.8 Å². The SMILES string of the molecule is Cc1nc(CNC(=O)CN2CCCCCOc3ccccc3Nc3cccc(n3)C2=O)no1. The second-order valence-electron chi connectivity index (χ2n) is 7.67. The van der Waals surface area contributed by atoms with Crippen molar-refractivity contribution in [3.05, 3.63) is 59.9 Å². The summed E-state index contributed by atoms with van der Waals surface area (Å²) in [5, 5.41) is 9.71. The van der Waals surface area contributed by atoms with Crippen molar-refractivity contribution in [2.45, 2.75) is 32.7 Å². The van der Waals surface area contributed by atoms with Crippen LogP contribution in [0.5, 0.6) is 5.75 Å². The molecule has 0 radical (unpaired) electrons. The molecule has 1 aliphatic heterocycles. The lowest BCUT2D eigenvalue weighted by Crippen LogP contribution is -2.41. The Balaban J connectivity index is 1.49. The zero-order chi connectivity index (χ0) is 23.0. The molecule has 0 aliphatic carbocycles. The van der Waals surface area contributed by atoms with Gasteiger partial charge in [0.2, 0.25) is 11.8 Å². The van der Waals surface area contributed by atoms with E-state index >= 15 is 0 Å². The van der Waals surface area contributed by atoms with Gasteiger partial charge in [-0.1, -0.05) is 23.4 Å². The molecule has 3 aromatic rings. The van der Waals surface area contributed by atoms with Crippen LogP contribution in [0.1, 0.15) is 41.5 Å². The van der Waals surface area contributed by atoms with Crippen LogP contribution in [0.25, 0.3) is 0 Å². The van der Waals surface area contributed by atoms with E-state index in [1.165, 1.54) is 4.90 Å². The number of carbonyl (C=O) groups excluding carboxylic acids is 2. The summed E-state index contributed by atoms with van der Waals surface area (Å²) < 4.78 is 10.8. The highest BCUT2D eigenvalue weighted by atomic mass is 16.5. The standard InChI is InChI=1S/C23H26N6O4/c1-16-25-21(28-33-16)14-24-22(30)15-29-12-5-2-6-13-32-19-10-4-3-8-17(19)26-20-11-7-9-18(27-20)23(29)31/h3-4,7-11H,2,5-6,12-15H2,1H3,(H,24,30)(H,26,27). The molecule has 172 valence electrons. The summed E-state index contributed by atoms with van der Waals surface area (Å²) in [4.78, 5) is 35.8. The van der Waals surface area contributed by atoms with Crippen molar-refractivity contribution in [1.29, 1.82) is 0 Å². The normalized spacial score (nSPS) is 14.5. The fourth-order valence-corrected chi connectivity index (χ4v) is 3.46. The van der Waals surface area contributed by atoms with Crippen molar-refractivity contribution in [2.75, 3.05) is 25.0 Å². The van der Waals surface area contributed by atoms with Gasteiger partial charge in [0.25, 0.3) is 5.91 Å². The number of carbonyl (C=O) groups is 2. The maximum absolute atomic E-state index is 13.2. The van der Waals surface area contributed by atoms with Gasteiger partial charge in [0.1, 0.15) is 17.3 Å². The number of rotatable bonds is 4. The van der Waals surface area contributed by atoms with Gasteiger partial charge in [-0.15, -0.1) is 0 Å². The molecule has 3 heterocycles. The molecule has 33 heavy (non-hydrogen) atoms. The molecule has 0 unspecified atom stereocenters. The minimum absolute atomic E-state index is 0.0890. The van der Waals surface area contributed by atoms with Crippen LogP contribution < -0.4 is 15.4 Å². The summed E-state index contributed by atoms with van der Waals surface area (Å²) in [5.41, 5.74) is 1.04.